The predicted molar refractivity (Wildman–Crippen MR) is 101 cm³/mol. The zero-order chi connectivity index (χ0) is 17.4. The van der Waals surface area contributed by atoms with Gasteiger partial charge in [0.05, 0.1) is 35.0 Å². The van der Waals surface area contributed by atoms with E-state index in [2.05, 4.69) is 38.2 Å². The van der Waals surface area contributed by atoms with E-state index in [0.717, 1.165) is 30.7 Å². The molecule has 2 aromatic heterocycles. The summed E-state index contributed by atoms with van der Waals surface area (Å²) in [5.41, 5.74) is 2.92. The van der Waals surface area contributed by atoms with E-state index in [4.69, 9.17) is 4.42 Å². The molecule has 0 amide bonds. The van der Waals surface area contributed by atoms with E-state index in [1.165, 1.54) is 15.3 Å². The molecule has 0 bridgehead atoms. The second kappa shape index (κ2) is 9.14. The third-order valence-electron chi connectivity index (χ3n) is 3.68. The number of aryl methyl sites for hydroxylation is 2. The summed E-state index contributed by atoms with van der Waals surface area (Å²) in [4.78, 5) is 2.54. The number of hydrogen-bond donors (Lipinski definition) is 1. The van der Waals surface area contributed by atoms with Gasteiger partial charge in [0.25, 0.3) is 0 Å². The minimum atomic E-state index is 0.601. The maximum absolute atomic E-state index is 9.42. The molecule has 2 rings (SSSR count). The van der Waals surface area contributed by atoms with Crippen molar-refractivity contribution in [3.63, 3.8) is 0 Å². The summed E-state index contributed by atoms with van der Waals surface area (Å²) in [7, 11) is 0. The third kappa shape index (κ3) is 4.87. The molecule has 2 aromatic rings. The molecule has 0 aromatic carbocycles. The molecule has 24 heavy (non-hydrogen) atoms. The first-order valence-corrected chi connectivity index (χ1v) is 9.17. The van der Waals surface area contributed by atoms with Crippen LogP contribution in [0, 0.1) is 18.3 Å². The molecule has 0 saturated carbocycles. The first kappa shape index (κ1) is 18.1. The fourth-order valence-corrected chi connectivity index (χ4v) is 3.48. The lowest BCUT2D eigenvalue weighted by atomic mass is 10.1. The molecule has 0 aliphatic carbocycles. The normalized spacial score (nSPS) is 12.2. The summed E-state index contributed by atoms with van der Waals surface area (Å²) in [5.74, 6) is 0.877. The first-order valence-electron chi connectivity index (χ1n) is 8.35. The van der Waals surface area contributed by atoms with Crippen molar-refractivity contribution in [1.82, 2.24) is 5.32 Å². The van der Waals surface area contributed by atoms with E-state index in [0.29, 0.717) is 12.1 Å². The number of nitrogens with zero attached hydrogens (tertiary/aromatic N) is 1. The quantitative estimate of drug-likeness (QED) is 0.503. The van der Waals surface area contributed by atoms with Crippen molar-refractivity contribution in [3.8, 4) is 6.07 Å². The van der Waals surface area contributed by atoms with Gasteiger partial charge in [-0.2, -0.15) is 5.26 Å². The number of allylic oxidation sites excluding steroid dienone is 3. The summed E-state index contributed by atoms with van der Waals surface area (Å²) in [6.07, 6.45) is 8.59. The molecular weight excluding hydrogens is 316 g/mol. The van der Waals surface area contributed by atoms with E-state index < -0.39 is 0 Å². The second-order valence-electron chi connectivity index (χ2n) is 5.63. The van der Waals surface area contributed by atoms with Crippen LogP contribution in [0.2, 0.25) is 0 Å². The lowest BCUT2D eigenvalue weighted by molar-refractivity contribution is 0.501. The van der Waals surface area contributed by atoms with Crippen molar-refractivity contribution in [2.24, 2.45) is 0 Å². The van der Waals surface area contributed by atoms with Gasteiger partial charge in [0.1, 0.15) is 5.76 Å². The average Bonchev–Trinajstić information content (AvgIpc) is 3.24. The molecule has 1 N–H and O–H groups in total. The van der Waals surface area contributed by atoms with E-state index in [9.17, 15) is 5.26 Å². The van der Waals surface area contributed by atoms with Gasteiger partial charge in [-0.25, -0.2) is 0 Å². The van der Waals surface area contributed by atoms with Gasteiger partial charge < -0.3 is 9.73 Å². The van der Waals surface area contributed by atoms with Crippen LogP contribution in [0.3, 0.4) is 0 Å². The Labute approximate surface area is 148 Å². The van der Waals surface area contributed by atoms with Gasteiger partial charge in [0, 0.05) is 4.88 Å². The van der Waals surface area contributed by atoms with Crippen molar-refractivity contribution in [1.29, 1.82) is 5.26 Å². The highest BCUT2D eigenvalue weighted by Gasteiger charge is 2.11. The van der Waals surface area contributed by atoms with Crippen LogP contribution in [-0.2, 0) is 13.0 Å². The largest absolute Gasteiger partial charge is 0.467 e. The van der Waals surface area contributed by atoms with Gasteiger partial charge in [-0.15, -0.1) is 11.3 Å². The zero-order valence-electron chi connectivity index (χ0n) is 14.6. The zero-order valence-corrected chi connectivity index (χ0v) is 15.4. The van der Waals surface area contributed by atoms with Crippen molar-refractivity contribution in [3.05, 3.63) is 63.3 Å². The highest BCUT2D eigenvalue weighted by atomic mass is 32.1. The smallest absolute Gasteiger partial charge is 0.122 e. The van der Waals surface area contributed by atoms with Crippen molar-refractivity contribution in [2.45, 2.75) is 46.6 Å². The summed E-state index contributed by atoms with van der Waals surface area (Å²) in [6, 6.07) is 8.35. The molecule has 0 aliphatic heterocycles. The minimum Gasteiger partial charge on any atom is -0.467 e. The molecule has 3 nitrogen and oxygen atoms in total. The second-order valence-corrected chi connectivity index (χ2v) is 6.77. The third-order valence-corrected chi connectivity index (χ3v) is 5.09. The van der Waals surface area contributed by atoms with Gasteiger partial charge >= 0.3 is 0 Å². The Morgan fingerprint density at radius 3 is 2.83 bits per heavy atom. The number of rotatable bonds is 8. The number of nitriles is 1. The van der Waals surface area contributed by atoms with Crippen LogP contribution in [0.1, 0.15) is 47.8 Å². The fraction of sp³-hybridized carbons (Fsp3) is 0.350. The van der Waals surface area contributed by atoms with Crippen LogP contribution in [0.15, 0.2) is 46.6 Å². The Kier molecular flexibility index (Phi) is 6.89. The molecule has 126 valence electrons. The Morgan fingerprint density at radius 1 is 1.42 bits per heavy atom. The fourth-order valence-electron chi connectivity index (χ4n) is 2.37. The number of unbranched alkanes of at least 4 members (excludes halogenated alkanes) is 1. The molecule has 0 radical (unpaired) electrons. The van der Waals surface area contributed by atoms with Gasteiger partial charge in [0.2, 0.25) is 0 Å². The summed E-state index contributed by atoms with van der Waals surface area (Å²) in [6.45, 7) is 7.00. The number of furan rings is 1. The standard InChI is InChI=1S/C20H24N2OS/c1-4-6-8-16(13-21)12-19(22-14-17-9-7-10-23-17)20-15(3)11-18(5-2)24-20/h7-12,22H,4-6,14H2,1-3H3/b16-8-,19-12+. The predicted octanol–water partition coefficient (Wildman–Crippen LogP) is 5.59. The van der Waals surface area contributed by atoms with Gasteiger partial charge in [-0.05, 0) is 49.6 Å². The van der Waals surface area contributed by atoms with Crippen molar-refractivity contribution in [2.75, 3.05) is 0 Å². The van der Waals surface area contributed by atoms with Gasteiger partial charge in [-0.3, -0.25) is 0 Å². The number of nitrogens with one attached hydrogen (secondary N) is 1. The highest BCUT2D eigenvalue weighted by Crippen LogP contribution is 2.29. The summed E-state index contributed by atoms with van der Waals surface area (Å²) >= 11 is 1.78. The average molecular weight is 340 g/mol. The monoisotopic (exact) mass is 340 g/mol. The molecule has 0 unspecified atom stereocenters. The summed E-state index contributed by atoms with van der Waals surface area (Å²) < 4.78 is 5.41. The molecule has 0 atom stereocenters. The van der Waals surface area contributed by atoms with Crippen LogP contribution in [0.5, 0.6) is 0 Å². The topological polar surface area (TPSA) is 49.0 Å². The van der Waals surface area contributed by atoms with Crippen LogP contribution in [-0.4, -0.2) is 0 Å². The van der Waals surface area contributed by atoms with Crippen LogP contribution in [0.25, 0.3) is 5.70 Å². The van der Waals surface area contributed by atoms with E-state index in [1.807, 2.05) is 24.3 Å². The van der Waals surface area contributed by atoms with Crippen molar-refractivity contribution >= 4 is 17.0 Å². The molecule has 0 fully saturated rings. The lowest BCUT2D eigenvalue weighted by Crippen LogP contribution is -2.11. The Bertz CT molecular complexity index is 745. The number of thiophene rings is 1. The van der Waals surface area contributed by atoms with Crippen molar-refractivity contribution < 1.29 is 4.42 Å². The Balaban J connectivity index is 2.32. The highest BCUT2D eigenvalue weighted by molar-refractivity contribution is 7.13. The van der Waals surface area contributed by atoms with Crippen LogP contribution < -0.4 is 5.32 Å². The van der Waals surface area contributed by atoms with E-state index in [1.54, 1.807) is 17.6 Å². The molecule has 0 aliphatic rings. The molecular formula is C20H24N2OS. The van der Waals surface area contributed by atoms with E-state index >= 15 is 0 Å². The maximum atomic E-state index is 9.42. The Hall–Kier alpha value is -2.25. The minimum absolute atomic E-state index is 0.601. The van der Waals surface area contributed by atoms with Crippen LogP contribution >= 0.6 is 11.3 Å². The first-order chi connectivity index (χ1) is 11.7. The Morgan fingerprint density at radius 2 is 2.25 bits per heavy atom. The lowest BCUT2D eigenvalue weighted by Gasteiger charge is -2.10. The molecule has 2 heterocycles. The van der Waals surface area contributed by atoms with E-state index in [-0.39, 0.29) is 0 Å². The van der Waals surface area contributed by atoms with Gasteiger partial charge in [-0.1, -0.05) is 26.3 Å². The molecule has 0 spiro atoms. The maximum Gasteiger partial charge on any atom is 0.122 e. The summed E-state index contributed by atoms with van der Waals surface area (Å²) in [5, 5.41) is 12.9. The molecule has 0 saturated heterocycles. The SMILES string of the molecule is CCC/C=C(C#N)/C=C(/NCc1ccco1)c1sc(CC)cc1C. The number of hydrogen-bond acceptors (Lipinski definition) is 4. The molecule has 4 heteroatoms. The van der Waals surface area contributed by atoms with Gasteiger partial charge in [0.15, 0.2) is 0 Å². The van der Waals surface area contributed by atoms with Crippen LogP contribution in [0.4, 0.5) is 0 Å².